The van der Waals surface area contributed by atoms with E-state index in [0.29, 0.717) is 4.90 Å². The molecule has 0 aromatic heterocycles. The number of ether oxygens (including phenoxy) is 2. The molecule has 0 unspecified atom stereocenters. The smallest absolute Gasteiger partial charge is 0.419 e. The van der Waals surface area contributed by atoms with Gasteiger partial charge in [0.25, 0.3) is 0 Å². The zero-order valence-corrected chi connectivity index (χ0v) is 12.0. The van der Waals surface area contributed by atoms with Crippen molar-refractivity contribution < 1.29 is 19.1 Å². The van der Waals surface area contributed by atoms with E-state index in [0.717, 1.165) is 11.1 Å². The van der Waals surface area contributed by atoms with Gasteiger partial charge >= 0.3 is 12.2 Å². The Morgan fingerprint density at radius 3 is 1.50 bits per heavy atom. The van der Waals surface area contributed by atoms with E-state index in [9.17, 15) is 9.59 Å². The van der Waals surface area contributed by atoms with Crippen LogP contribution in [-0.4, -0.2) is 17.1 Å². The molecule has 0 aliphatic carbocycles. The van der Waals surface area contributed by atoms with Gasteiger partial charge in [0.05, 0.1) is 7.05 Å². The zero-order chi connectivity index (χ0) is 15.8. The molecule has 22 heavy (non-hydrogen) atoms. The molecule has 0 aliphatic heterocycles. The van der Waals surface area contributed by atoms with Crippen LogP contribution in [0.3, 0.4) is 0 Å². The molecular formula is C17H16NO4. The van der Waals surface area contributed by atoms with E-state index in [1.807, 2.05) is 60.7 Å². The van der Waals surface area contributed by atoms with Gasteiger partial charge in [-0.3, -0.25) is 0 Å². The quantitative estimate of drug-likeness (QED) is 0.862. The van der Waals surface area contributed by atoms with Crippen LogP contribution in [0.15, 0.2) is 60.7 Å². The predicted octanol–water partition coefficient (Wildman–Crippen LogP) is 3.75. The first-order valence-corrected chi connectivity index (χ1v) is 6.69. The molecule has 2 aromatic carbocycles. The molecule has 0 atom stereocenters. The van der Waals surface area contributed by atoms with Gasteiger partial charge in [-0.1, -0.05) is 60.7 Å². The first kappa shape index (κ1) is 15.6. The van der Waals surface area contributed by atoms with Gasteiger partial charge in [-0.15, -0.1) is 0 Å². The number of carbonyl (C=O) groups excluding carboxylic acids is 2. The maximum absolute atomic E-state index is 11.7. The molecule has 0 fully saturated rings. The number of benzene rings is 2. The lowest BCUT2D eigenvalue weighted by Crippen LogP contribution is -2.32. The molecule has 2 rings (SSSR count). The largest absolute Gasteiger partial charge is 0.444 e. The Morgan fingerprint density at radius 2 is 1.14 bits per heavy atom. The van der Waals surface area contributed by atoms with Crippen LogP contribution >= 0.6 is 0 Å². The molecule has 5 heteroatoms. The summed E-state index contributed by atoms with van der Waals surface area (Å²) >= 11 is 0. The molecule has 2 amide bonds. The molecule has 0 N–H and O–H groups in total. The van der Waals surface area contributed by atoms with Gasteiger partial charge in [0, 0.05) is 0 Å². The maximum Gasteiger partial charge on any atom is 0.419 e. The molecule has 0 saturated carbocycles. The fraction of sp³-hybridized carbons (Fsp3) is 0.118. The predicted molar refractivity (Wildman–Crippen MR) is 80.5 cm³/mol. The van der Waals surface area contributed by atoms with Crippen molar-refractivity contribution in [2.24, 2.45) is 0 Å². The van der Waals surface area contributed by atoms with Gasteiger partial charge in [-0.25, -0.2) is 14.5 Å². The van der Waals surface area contributed by atoms with Gasteiger partial charge < -0.3 is 9.47 Å². The molecule has 0 heterocycles. The lowest BCUT2D eigenvalue weighted by atomic mass is 10.2. The van der Waals surface area contributed by atoms with E-state index < -0.39 is 12.2 Å². The van der Waals surface area contributed by atoms with Crippen LogP contribution in [0.2, 0.25) is 0 Å². The summed E-state index contributed by atoms with van der Waals surface area (Å²) in [6, 6.07) is 18.3. The minimum absolute atomic E-state index is 0.0671. The van der Waals surface area contributed by atoms with Gasteiger partial charge in [0.15, 0.2) is 0 Å². The number of amides is 2. The molecular weight excluding hydrogens is 282 g/mol. The number of imide groups is 1. The first-order chi connectivity index (χ1) is 10.7. The summed E-state index contributed by atoms with van der Waals surface area (Å²) in [5.74, 6) is 0. The summed E-state index contributed by atoms with van der Waals surface area (Å²) < 4.78 is 9.97. The molecule has 113 valence electrons. The fourth-order valence-corrected chi connectivity index (χ4v) is 1.67. The third kappa shape index (κ3) is 4.63. The van der Waals surface area contributed by atoms with Crippen LogP contribution in [0.5, 0.6) is 0 Å². The topological polar surface area (TPSA) is 55.8 Å². The normalized spacial score (nSPS) is 9.86. The second kappa shape index (κ2) is 7.83. The average molecular weight is 298 g/mol. The number of carbonyl (C=O) groups is 2. The molecule has 0 aliphatic rings. The van der Waals surface area contributed by atoms with Crippen LogP contribution < -0.4 is 0 Å². The Kier molecular flexibility index (Phi) is 5.54. The van der Waals surface area contributed by atoms with Crippen molar-refractivity contribution in [2.45, 2.75) is 13.2 Å². The van der Waals surface area contributed by atoms with E-state index in [1.54, 1.807) is 0 Å². The number of hydrogen-bond donors (Lipinski definition) is 0. The number of nitrogens with zero attached hydrogens (tertiary/aromatic N) is 1. The lowest BCUT2D eigenvalue weighted by molar-refractivity contribution is 0.0826. The molecule has 1 radical (unpaired) electrons. The number of rotatable bonds is 4. The van der Waals surface area contributed by atoms with Crippen LogP contribution in [0.4, 0.5) is 9.59 Å². The molecule has 0 bridgehead atoms. The summed E-state index contributed by atoms with van der Waals surface area (Å²) in [4.78, 5) is 24.0. The Bertz CT molecular complexity index is 558. The summed E-state index contributed by atoms with van der Waals surface area (Å²) in [7, 11) is 3.35. The summed E-state index contributed by atoms with van der Waals surface area (Å²) in [6.07, 6.45) is -1.72. The monoisotopic (exact) mass is 298 g/mol. The van der Waals surface area contributed by atoms with E-state index in [2.05, 4.69) is 7.05 Å². The second-order valence-corrected chi connectivity index (χ2v) is 4.51. The Hall–Kier alpha value is -2.82. The van der Waals surface area contributed by atoms with E-state index in [-0.39, 0.29) is 13.2 Å². The third-order valence-electron chi connectivity index (χ3n) is 2.85. The van der Waals surface area contributed by atoms with Crippen LogP contribution in [0.25, 0.3) is 0 Å². The highest BCUT2D eigenvalue weighted by molar-refractivity contribution is 5.87. The highest BCUT2D eigenvalue weighted by atomic mass is 16.6. The van der Waals surface area contributed by atoms with Crippen LogP contribution in [0, 0.1) is 7.05 Å². The first-order valence-electron chi connectivity index (χ1n) is 6.69. The summed E-state index contributed by atoms with van der Waals surface area (Å²) in [6.45, 7) is 0.134. The molecule has 0 saturated heterocycles. The highest BCUT2D eigenvalue weighted by Crippen LogP contribution is 2.06. The van der Waals surface area contributed by atoms with Crippen molar-refractivity contribution in [1.29, 1.82) is 0 Å². The van der Waals surface area contributed by atoms with Gasteiger partial charge in [-0.05, 0) is 11.1 Å². The Balaban J connectivity index is 1.78. The van der Waals surface area contributed by atoms with Gasteiger partial charge in [-0.2, -0.15) is 0 Å². The van der Waals surface area contributed by atoms with E-state index >= 15 is 0 Å². The van der Waals surface area contributed by atoms with E-state index in [1.165, 1.54) is 0 Å². The van der Waals surface area contributed by atoms with Crippen molar-refractivity contribution in [3.8, 4) is 0 Å². The highest BCUT2D eigenvalue weighted by Gasteiger charge is 2.20. The SMILES string of the molecule is [CH2]N(C(=O)OCc1ccccc1)C(=O)OCc1ccccc1. The van der Waals surface area contributed by atoms with E-state index in [4.69, 9.17) is 9.47 Å². The standard InChI is InChI=1S/C17H16NO4/c1-18(16(19)21-12-14-8-4-2-5-9-14)17(20)22-13-15-10-6-3-7-11-15/h2-11H,1,12-13H2. The van der Waals surface area contributed by atoms with Crippen molar-refractivity contribution in [2.75, 3.05) is 0 Å². The summed E-state index contributed by atoms with van der Waals surface area (Å²) in [5.41, 5.74) is 1.64. The molecule has 2 aromatic rings. The van der Waals surface area contributed by atoms with Crippen molar-refractivity contribution in [3.63, 3.8) is 0 Å². The molecule has 5 nitrogen and oxygen atoms in total. The average Bonchev–Trinajstić information content (AvgIpc) is 2.58. The lowest BCUT2D eigenvalue weighted by Gasteiger charge is -2.15. The van der Waals surface area contributed by atoms with Gasteiger partial charge in [0.1, 0.15) is 13.2 Å². The minimum atomic E-state index is -0.859. The maximum atomic E-state index is 11.7. The van der Waals surface area contributed by atoms with Crippen molar-refractivity contribution >= 4 is 12.2 Å². The third-order valence-corrected chi connectivity index (χ3v) is 2.85. The number of hydrogen-bond acceptors (Lipinski definition) is 4. The zero-order valence-electron chi connectivity index (χ0n) is 12.0. The fourth-order valence-electron chi connectivity index (χ4n) is 1.67. The van der Waals surface area contributed by atoms with Gasteiger partial charge in [0.2, 0.25) is 0 Å². The van der Waals surface area contributed by atoms with Crippen LogP contribution in [0.1, 0.15) is 11.1 Å². The van der Waals surface area contributed by atoms with Crippen molar-refractivity contribution in [1.82, 2.24) is 4.90 Å². The Labute approximate surface area is 129 Å². The Morgan fingerprint density at radius 1 is 0.773 bits per heavy atom. The minimum Gasteiger partial charge on any atom is -0.444 e. The second-order valence-electron chi connectivity index (χ2n) is 4.51. The summed E-state index contributed by atoms with van der Waals surface area (Å²) in [5, 5.41) is 0. The van der Waals surface area contributed by atoms with Crippen LogP contribution in [-0.2, 0) is 22.7 Å². The van der Waals surface area contributed by atoms with Crippen molar-refractivity contribution in [3.05, 3.63) is 78.8 Å². The molecule has 0 spiro atoms.